The van der Waals surface area contributed by atoms with Crippen molar-refractivity contribution in [2.75, 3.05) is 85.6 Å². The Morgan fingerprint density at radius 2 is 1.05 bits per heavy atom. The number of carbonyl (C=O) groups is 3. The van der Waals surface area contributed by atoms with E-state index < -0.39 is 0 Å². The average Bonchev–Trinajstić information content (AvgIpc) is 3.89. The van der Waals surface area contributed by atoms with Gasteiger partial charge < -0.3 is 30.2 Å². The van der Waals surface area contributed by atoms with Crippen LogP contribution in [0, 0.1) is 0 Å². The number of benzene rings is 3. The molecule has 3 fully saturated rings. The number of hydrogen-bond acceptors (Lipinski definition) is 13. The van der Waals surface area contributed by atoms with E-state index in [-0.39, 0.29) is 54.0 Å². The number of rotatable bonds is 7. The summed E-state index contributed by atoms with van der Waals surface area (Å²) in [7, 11) is 2.03. The first kappa shape index (κ1) is 44.9. The van der Waals surface area contributed by atoms with E-state index in [0.29, 0.717) is 52.7 Å². The number of hydrogen-bond donors (Lipinski definition) is 2. The maximum absolute atomic E-state index is 12.4. The van der Waals surface area contributed by atoms with Gasteiger partial charge in [-0.25, -0.2) is 0 Å². The van der Waals surface area contributed by atoms with Crippen LogP contribution in [0.2, 0.25) is 0 Å². The summed E-state index contributed by atoms with van der Waals surface area (Å²) in [6, 6.07) is 17.9. The third-order valence-corrected chi connectivity index (χ3v) is 14.2. The molecule has 0 atom stereocenters. The summed E-state index contributed by atoms with van der Waals surface area (Å²) >= 11 is 7.31. The largest absolute Gasteiger partial charge is 0.339 e. The minimum absolute atomic E-state index is 0.0132. The minimum Gasteiger partial charge on any atom is -0.339 e. The Morgan fingerprint density at radius 1 is 0.613 bits per heavy atom. The number of aromatic nitrogens is 3. The fourth-order valence-electron chi connectivity index (χ4n) is 7.10. The van der Waals surface area contributed by atoms with Crippen LogP contribution in [0.25, 0.3) is 40.7 Å². The number of piperazine rings is 3. The molecular weight excluding hydrogens is 921 g/mol. The van der Waals surface area contributed by atoms with Crippen molar-refractivity contribution in [1.82, 2.24) is 42.1 Å². The number of nitrogens with one attached hydrogen (secondary N) is 2. The highest BCUT2D eigenvalue weighted by atomic mass is 79.9. The van der Waals surface area contributed by atoms with E-state index in [4.69, 9.17) is 5.53 Å². The average molecular weight is 966 g/mol. The van der Waals surface area contributed by atoms with Gasteiger partial charge in [-0.15, -0.1) is 0 Å². The second-order valence-electron chi connectivity index (χ2n) is 14.8. The Balaban J connectivity index is 0.000000141. The predicted molar refractivity (Wildman–Crippen MR) is 248 cm³/mol. The van der Waals surface area contributed by atoms with Gasteiger partial charge in [0.2, 0.25) is 17.7 Å². The van der Waals surface area contributed by atoms with E-state index in [2.05, 4.69) is 41.5 Å². The molecule has 0 spiro atoms. The lowest BCUT2D eigenvalue weighted by Crippen LogP contribution is -2.48. The fraction of sp³-hybridized carbons (Fsp3) is 0.400. The standard InChI is InChI=1S/C14H16N6O2S.C13H14BrN3O2S.C13H15N3O2S/c1-18-4-6-19(7-5-18)13(21)9-20-14(22)11-3-2-10(16-17-15)8-12(11)23-20;14-9-1-2-10-11(7-9)20-17(13(10)19)8-12(18)16-5-3-15-4-6-16;17-12(15-7-5-14-6-8-15)9-16-13(18)10-3-1-2-4-11(10)19-16/h2-3,8H,4-7,9H2,1H3;1-2,7,15H,3-6,8H2;1-4,14H,5-9H2. The zero-order chi connectivity index (χ0) is 43.8. The Hall–Kier alpha value is -5.19. The van der Waals surface area contributed by atoms with Gasteiger partial charge in [0.1, 0.15) is 19.6 Å². The number of azide groups is 1. The van der Waals surface area contributed by atoms with Crippen LogP contribution in [0.1, 0.15) is 0 Å². The van der Waals surface area contributed by atoms with Crippen LogP contribution in [0.5, 0.6) is 0 Å². The molecule has 9 rings (SSSR count). The summed E-state index contributed by atoms with van der Waals surface area (Å²) in [5, 5.41) is 11.9. The molecule has 6 heterocycles. The van der Waals surface area contributed by atoms with Gasteiger partial charge >= 0.3 is 0 Å². The fourth-order valence-corrected chi connectivity index (χ4v) is 10.6. The van der Waals surface area contributed by atoms with Gasteiger partial charge in [0.15, 0.2) is 0 Å². The monoisotopic (exact) mass is 964 g/mol. The molecule has 62 heavy (non-hydrogen) atoms. The van der Waals surface area contributed by atoms with Gasteiger partial charge in [0.25, 0.3) is 16.7 Å². The van der Waals surface area contributed by atoms with E-state index in [1.54, 1.807) is 43.1 Å². The first-order valence-electron chi connectivity index (χ1n) is 20.0. The first-order valence-corrected chi connectivity index (χ1v) is 23.1. The van der Waals surface area contributed by atoms with Crippen LogP contribution in [0.4, 0.5) is 5.69 Å². The highest BCUT2D eigenvalue weighted by molar-refractivity contribution is 9.10. The number of halogens is 1. The van der Waals surface area contributed by atoms with Gasteiger partial charge in [0.05, 0.1) is 30.3 Å². The molecular formula is C40H45BrN12O6S3. The molecule has 3 amide bonds. The number of carbonyl (C=O) groups excluding carboxylic acids is 3. The van der Waals surface area contributed by atoms with Crippen molar-refractivity contribution in [2.24, 2.45) is 5.11 Å². The lowest BCUT2D eigenvalue weighted by Gasteiger charge is -2.32. The molecule has 0 bridgehead atoms. The van der Waals surface area contributed by atoms with Crippen LogP contribution < -0.4 is 27.3 Å². The summed E-state index contributed by atoms with van der Waals surface area (Å²) in [4.78, 5) is 83.8. The van der Waals surface area contributed by atoms with E-state index in [1.165, 1.54) is 38.6 Å². The summed E-state index contributed by atoms with van der Waals surface area (Å²) in [6.07, 6.45) is 0. The van der Waals surface area contributed by atoms with Crippen molar-refractivity contribution < 1.29 is 14.4 Å². The predicted octanol–water partition coefficient (Wildman–Crippen LogP) is 3.53. The third kappa shape index (κ3) is 10.9. The van der Waals surface area contributed by atoms with Crippen LogP contribution in [0.15, 0.2) is 84.6 Å². The molecule has 0 saturated carbocycles. The second-order valence-corrected chi connectivity index (χ2v) is 18.9. The number of amides is 3. The van der Waals surface area contributed by atoms with Crippen molar-refractivity contribution in [2.45, 2.75) is 19.6 Å². The molecule has 3 aromatic heterocycles. The molecule has 3 saturated heterocycles. The van der Waals surface area contributed by atoms with Gasteiger partial charge in [0, 0.05) is 93.6 Å². The van der Waals surface area contributed by atoms with Crippen LogP contribution in [0.3, 0.4) is 0 Å². The first-order chi connectivity index (χ1) is 30.0. The number of likely N-dealkylation sites (N-methyl/N-ethyl adjacent to an activating group) is 1. The maximum atomic E-state index is 12.4. The molecule has 2 N–H and O–H groups in total. The topological polar surface area (TPSA) is 203 Å². The Morgan fingerprint density at radius 3 is 1.55 bits per heavy atom. The zero-order valence-corrected chi connectivity index (χ0v) is 37.9. The smallest absolute Gasteiger partial charge is 0.269 e. The SMILES string of the molecule is CN1CCN(C(=O)Cn2sc3cc(N=[N+]=[N-])ccc3c2=O)CC1.O=C(Cn1sc2cc(Br)ccc2c1=O)N1CCNCC1.O=C(Cn1sc2ccccc2c1=O)N1CCNCC1. The van der Waals surface area contributed by atoms with Crippen molar-refractivity contribution in [1.29, 1.82) is 0 Å². The molecule has 22 heteroatoms. The molecule has 0 aliphatic carbocycles. The minimum atomic E-state index is -0.181. The summed E-state index contributed by atoms with van der Waals surface area (Å²) in [5.74, 6) is -0.00333. The zero-order valence-electron chi connectivity index (χ0n) is 33.9. The lowest BCUT2D eigenvalue weighted by molar-refractivity contribution is -0.133. The normalized spacial score (nSPS) is 15.7. The molecule has 326 valence electrons. The van der Waals surface area contributed by atoms with E-state index >= 15 is 0 Å². The molecule has 18 nitrogen and oxygen atoms in total. The summed E-state index contributed by atoms with van der Waals surface area (Å²) < 4.78 is 8.04. The Kier molecular flexibility index (Phi) is 15.0. The molecule has 6 aromatic rings. The number of nitrogens with zero attached hydrogens (tertiary/aromatic N) is 10. The van der Waals surface area contributed by atoms with Gasteiger partial charge in [-0.05, 0) is 55.0 Å². The van der Waals surface area contributed by atoms with E-state index in [1.807, 2.05) is 47.2 Å². The molecule has 0 unspecified atom stereocenters. The van der Waals surface area contributed by atoms with Crippen molar-refractivity contribution in [3.05, 3.63) is 107 Å². The highest BCUT2D eigenvalue weighted by Gasteiger charge is 2.22. The Bertz CT molecular complexity index is 2800. The highest BCUT2D eigenvalue weighted by Crippen LogP contribution is 2.24. The van der Waals surface area contributed by atoms with Crippen LogP contribution in [-0.4, -0.2) is 135 Å². The molecule has 3 aromatic carbocycles. The molecule has 3 aliphatic rings. The van der Waals surface area contributed by atoms with Crippen LogP contribution >= 0.6 is 50.5 Å². The third-order valence-electron chi connectivity index (χ3n) is 10.6. The van der Waals surface area contributed by atoms with Crippen LogP contribution in [-0.2, 0) is 34.0 Å². The number of fused-ring (bicyclic) bond motifs is 3. The van der Waals surface area contributed by atoms with Gasteiger partial charge in [-0.1, -0.05) is 73.8 Å². The van der Waals surface area contributed by atoms with Crippen molar-refractivity contribution in [3.8, 4) is 0 Å². The van der Waals surface area contributed by atoms with Crippen molar-refractivity contribution in [3.63, 3.8) is 0 Å². The summed E-state index contributed by atoms with van der Waals surface area (Å²) in [6.45, 7) is 9.58. The van der Waals surface area contributed by atoms with E-state index in [9.17, 15) is 28.8 Å². The Labute approximate surface area is 375 Å². The quantitative estimate of drug-likeness (QED) is 0.136. The van der Waals surface area contributed by atoms with E-state index in [0.717, 1.165) is 66.2 Å². The lowest BCUT2D eigenvalue weighted by atomic mass is 10.2. The maximum Gasteiger partial charge on any atom is 0.269 e. The summed E-state index contributed by atoms with van der Waals surface area (Å²) in [5.41, 5.74) is 8.60. The van der Waals surface area contributed by atoms with Gasteiger partial charge in [-0.2, -0.15) is 0 Å². The van der Waals surface area contributed by atoms with Gasteiger partial charge in [-0.3, -0.25) is 40.6 Å². The molecule has 3 aliphatic heterocycles. The van der Waals surface area contributed by atoms with Crippen molar-refractivity contribution >= 4 is 104 Å². The molecule has 0 radical (unpaired) electrons. The second kappa shape index (κ2) is 20.8.